The lowest BCUT2D eigenvalue weighted by Crippen LogP contribution is -2.43. The Morgan fingerprint density at radius 1 is 1.32 bits per heavy atom. The van der Waals surface area contributed by atoms with Crippen LogP contribution in [0, 0.1) is 12.3 Å². The van der Waals surface area contributed by atoms with Gasteiger partial charge in [0.1, 0.15) is 0 Å². The second-order valence-corrected chi connectivity index (χ2v) is 12.3. The number of aromatic carboxylic acids is 1. The summed E-state index contributed by atoms with van der Waals surface area (Å²) in [4.78, 5) is 11.3. The van der Waals surface area contributed by atoms with Crippen LogP contribution in [0.15, 0.2) is 17.0 Å². The minimum absolute atomic E-state index is 0.0210. The molecule has 0 fully saturated rings. The van der Waals surface area contributed by atoms with Crippen LogP contribution in [0.5, 0.6) is 0 Å². The summed E-state index contributed by atoms with van der Waals surface area (Å²) in [6.07, 6.45) is 6.52. The van der Waals surface area contributed by atoms with Gasteiger partial charge in [-0.1, -0.05) is 25.6 Å². The molecule has 19 heavy (non-hydrogen) atoms. The summed E-state index contributed by atoms with van der Waals surface area (Å²) < 4.78 is 23.7. The lowest BCUT2D eigenvalue weighted by molar-refractivity contribution is 0.0696. The Morgan fingerprint density at radius 2 is 1.84 bits per heavy atom. The predicted molar refractivity (Wildman–Crippen MR) is 77.4 cm³/mol. The number of benzene rings is 1. The van der Waals surface area contributed by atoms with E-state index in [1.54, 1.807) is 0 Å². The van der Waals surface area contributed by atoms with Gasteiger partial charge in [0, 0.05) is 11.8 Å². The molecule has 1 aromatic carbocycles. The quantitative estimate of drug-likeness (QED) is 0.674. The molecule has 0 saturated heterocycles. The van der Waals surface area contributed by atoms with E-state index in [9.17, 15) is 13.2 Å². The highest BCUT2D eigenvalue weighted by Crippen LogP contribution is 2.19. The van der Waals surface area contributed by atoms with Crippen molar-refractivity contribution in [2.24, 2.45) is 0 Å². The predicted octanol–water partition coefficient (Wildman–Crippen LogP) is 1.31. The summed E-state index contributed by atoms with van der Waals surface area (Å²) in [7, 11) is -5.56. The number of terminal acetylenes is 1. The molecule has 0 saturated carbocycles. The van der Waals surface area contributed by atoms with Crippen LogP contribution in [0.25, 0.3) is 0 Å². The van der Waals surface area contributed by atoms with E-state index in [1.165, 1.54) is 12.1 Å². The number of sulfone groups is 1. The monoisotopic (exact) mass is 296 g/mol. The Kier molecular flexibility index (Phi) is 3.94. The van der Waals surface area contributed by atoms with Crippen molar-refractivity contribution in [2.75, 3.05) is 6.26 Å². The Bertz CT molecular complexity index is 676. The molecule has 6 heteroatoms. The van der Waals surface area contributed by atoms with Gasteiger partial charge in [-0.15, -0.1) is 6.42 Å². The Balaban J connectivity index is 3.94. The van der Waals surface area contributed by atoms with Crippen LogP contribution in [0.2, 0.25) is 19.6 Å². The Morgan fingerprint density at radius 3 is 2.16 bits per heavy atom. The molecule has 1 N–H and O–H groups in total. The normalized spacial score (nSPS) is 11.9. The summed E-state index contributed by atoms with van der Waals surface area (Å²) in [6.45, 7) is 5.80. The van der Waals surface area contributed by atoms with Gasteiger partial charge in [-0.05, 0) is 17.3 Å². The van der Waals surface area contributed by atoms with Crippen LogP contribution >= 0.6 is 0 Å². The highest BCUT2D eigenvalue weighted by Gasteiger charge is 2.30. The van der Waals surface area contributed by atoms with Gasteiger partial charge in [-0.2, -0.15) is 0 Å². The second-order valence-electron chi connectivity index (χ2n) is 5.33. The SMILES string of the molecule is C#Cc1c(C(=O)O)ccc(S(C)(=O)=O)c1[Si](C)(C)C. The fourth-order valence-corrected chi connectivity index (χ4v) is 6.01. The van der Waals surface area contributed by atoms with E-state index < -0.39 is 23.9 Å². The summed E-state index contributed by atoms with van der Waals surface area (Å²) in [6, 6.07) is 2.60. The van der Waals surface area contributed by atoms with Crippen LogP contribution in [-0.2, 0) is 9.84 Å². The van der Waals surface area contributed by atoms with Crippen molar-refractivity contribution in [2.45, 2.75) is 24.5 Å². The first kappa shape index (κ1) is 15.5. The van der Waals surface area contributed by atoms with Crippen LogP contribution in [-0.4, -0.2) is 33.8 Å². The number of carboxylic acids is 1. The van der Waals surface area contributed by atoms with Gasteiger partial charge in [0.15, 0.2) is 9.84 Å². The molecule has 0 aliphatic heterocycles. The number of hydrogen-bond donors (Lipinski definition) is 1. The molecular weight excluding hydrogens is 280 g/mol. The van der Waals surface area contributed by atoms with E-state index in [1.807, 2.05) is 19.6 Å². The van der Waals surface area contributed by atoms with E-state index in [-0.39, 0.29) is 16.0 Å². The molecule has 0 atom stereocenters. The molecule has 0 aliphatic rings. The van der Waals surface area contributed by atoms with Gasteiger partial charge in [-0.25, -0.2) is 13.2 Å². The number of carbonyl (C=O) groups is 1. The van der Waals surface area contributed by atoms with E-state index >= 15 is 0 Å². The summed E-state index contributed by atoms with van der Waals surface area (Å²) in [5.74, 6) is 1.21. The summed E-state index contributed by atoms with van der Waals surface area (Å²) in [5.41, 5.74) is 0.168. The Hall–Kier alpha value is -1.58. The first-order valence-electron chi connectivity index (χ1n) is 5.57. The molecule has 0 aliphatic carbocycles. The smallest absolute Gasteiger partial charge is 0.336 e. The second kappa shape index (κ2) is 4.83. The van der Waals surface area contributed by atoms with Crippen molar-refractivity contribution in [1.29, 1.82) is 0 Å². The maximum absolute atomic E-state index is 11.9. The van der Waals surface area contributed by atoms with Gasteiger partial charge < -0.3 is 5.11 Å². The fraction of sp³-hybridized carbons (Fsp3) is 0.308. The van der Waals surface area contributed by atoms with Crippen LogP contribution in [0.3, 0.4) is 0 Å². The average Bonchev–Trinajstić information content (AvgIpc) is 2.24. The number of hydrogen-bond acceptors (Lipinski definition) is 3. The summed E-state index contributed by atoms with van der Waals surface area (Å²) >= 11 is 0. The molecule has 0 bridgehead atoms. The van der Waals surface area contributed by atoms with Crippen molar-refractivity contribution < 1.29 is 18.3 Å². The molecule has 0 unspecified atom stereocenters. The number of carboxylic acid groups (broad SMARTS) is 1. The fourth-order valence-electron chi connectivity index (χ4n) is 1.97. The first-order chi connectivity index (χ1) is 8.50. The van der Waals surface area contributed by atoms with Gasteiger partial charge in [-0.3, -0.25) is 0 Å². The molecule has 0 heterocycles. The lowest BCUT2D eigenvalue weighted by atomic mass is 10.1. The van der Waals surface area contributed by atoms with Crippen LogP contribution in [0.1, 0.15) is 15.9 Å². The van der Waals surface area contributed by atoms with E-state index in [0.717, 1.165) is 6.26 Å². The maximum atomic E-state index is 11.9. The van der Waals surface area contributed by atoms with Crippen LogP contribution < -0.4 is 5.19 Å². The highest BCUT2D eigenvalue weighted by molar-refractivity contribution is 7.91. The molecule has 1 aromatic rings. The minimum Gasteiger partial charge on any atom is -0.478 e. The third-order valence-electron chi connectivity index (χ3n) is 2.69. The molecule has 102 valence electrons. The van der Waals surface area contributed by atoms with Gasteiger partial charge in [0.05, 0.1) is 18.5 Å². The molecular formula is C13H16O4SSi. The van der Waals surface area contributed by atoms with E-state index in [0.29, 0.717) is 5.19 Å². The zero-order valence-corrected chi connectivity index (χ0v) is 13.1. The minimum atomic E-state index is -3.45. The third kappa shape index (κ3) is 3.06. The molecule has 0 spiro atoms. The average molecular weight is 296 g/mol. The molecule has 0 aromatic heterocycles. The molecule has 0 radical (unpaired) electrons. The van der Waals surface area contributed by atoms with Crippen molar-refractivity contribution >= 4 is 29.1 Å². The third-order valence-corrected chi connectivity index (χ3v) is 6.03. The topological polar surface area (TPSA) is 71.4 Å². The lowest BCUT2D eigenvalue weighted by Gasteiger charge is -2.23. The van der Waals surface area contributed by atoms with Crippen LogP contribution in [0.4, 0.5) is 0 Å². The molecule has 4 nitrogen and oxygen atoms in total. The highest BCUT2D eigenvalue weighted by atomic mass is 32.2. The van der Waals surface area contributed by atoms with E-state index in [4.69, 9.17) is 11.5 Å². The maximum Gasteiger partial charge on any atom is 0.336 e. The van der Waals surface area contributed by atoms with Crippen molar-refractivity contribution in [3.8, 4) is 12.3 Å². The van der Waals surface area contributed by atoms with Crippen molar-refractivity contribution in [3.63, 3.8) is 0 Å². The standard InChI is InChI=1S/C13H16O4SSi/c1-6-9-10(13(14)15)7-8-11(18(2,16)17)12(9)19(3,4)5/h1,7-8H,2-5H3,(H,14,15). The van der Waals surface area contributed by atoms with Gasteiger partial charge in [0.25, 0.3) is 0 Å². The molecule has 0 amide bonds. The van der Waals surface area contributed by atoms with Gasteiger partial charge in [0.2, 0.25) is 0 Å². The molecule has 1 rings (SSSR count). The van der Waals surface area contributed by atoms with Gasteiger partial charge >= 0.3 is 5.97 Å². The Labute approximate surface area is 114 Å². The van der Waals surface area contributed by atoms with Crippen molar-refractivity contribution in [3.05, 3.63) is 23.3 Å². The largest absolute Gasteiger partial charge is 0.478 e. The zero-order chi connectivity index (χ0) is 15.0. The number of rotatable bonds is 3. The zero-order valence-electron chi connectivity index (χ0n) is 11.3. The first-order valence-corrected chi connectivity index (χ1v) is 11.0. The summed E-state index contributed by atoms with van der Waals surface area (Å²) in [5, 5.41) is 9.66. The van der Waals surface area contributed by atoms with Crippen molar-refractivity contribution in [1.82, 2.24) is 0 Å². The van der Waals surface area contributed by atoms with E-state index in [2.05, 4.69) is 5.92 Å².